The van der Waals surface area contributed by atoms with Crippen molar-refractivity contribution in [3.63, 3.8) is 0 Å². The second-order valence-electron chi connectivity index (χ2n) is 6.46. The van der Waals surface area contributed by atoms with Gasteiger partial charge in [-0.15, -0.1) is 0 Å². The van der Waals surface area contributed by atoms with Crippen LogP contribution in [0.15, 0.2) is 45.8 Å². The molecule has 0 spiro atoms. The summed E-state index contributed by atoms with van der Waals surface area (Å²) in [6.45, 7) is 1.45. The molecule has 0 atom stereocenters. The molecule has 28 heavy (non-hydrogen) atoms. The van der Waals surface area contributed by atoms with E-state index in [-0.39, 0.29) is 23.6 Å². The van der Waals surface area contributed by atoms with Crippen LogP contribution in [-0.4, -0.2) is 43.4 Å². The van der Waals surface area contributed by atoms with E-state index in [2.05, 4.69) is 10.2 Å². The number of ether oxygens (including phenoxy) is 2. The van der Waals surface area contributed by atoms with Crippen molar-refractivity contribution in [3.05, 3.63) is 52.6 Å². The number of hydrogen-bond acceptors (Lipinski definition) is 7. The fourth-order valence-electron chi connectivity index (χ4n) is 2.85. The van der Waals surface area contributed by atoms with E-state index in [1.165, 1.54) is 19.4 Å². The topological polar surface area (TPSA) is 98.1 Å². The van der Waals surface area contributed by atoms with Crippen molar-refractivity contribution < 1.29 is 23.5 Å². The van der Waals surface area contributed by atoms with Gasteiger partial charge in [0.15, 0.2) is 6.61 Å². The summed E-state index contributed by atoms with van der Waals surface area (Å²) >= 11 is 0. The van der Waals surface area contributed by atoms with E-state index in [0.717, 1.165) is 0 Å². The molecule has 1 amide bonds. The van der Waals surface area contributed by atoms with Crippen LogP contribution in [0.1, 0.15) is 18.6 Å². The Bertz CT molecular complexity index is 898. The molecule has 1 aromatic heterocycles. The maximum atomic E-state index is 12.2. The zero-order chi connectivity index (χ0) is 19.9. The number of piperidine rings is 1. The molecule has 1 aliphatic heterocycles. The first-order chi connectivity index (χ1) is 13.5. The molecule has 2 aromatic rings. The average molecular weight is 386 g/mol. The molecule has 0 aliphatic carbocycles. The summed E-state index contributed by atoms with van der Waals surface area (Å²) < 4.78 is 15.8. The summed E-state index contributed by atoms with van der Waals surface area (Å²) in [6.07, 6.45) is 2.26. The van der Waals surface area contributed by atoms with Crippen molar-refractivity contribution in [2.24, 2.45) is 0 Å². The summed E-state index contributed by atoms with van der Waals surface area (Å²) in [6, 6.07) is 8.26. The Balaban J connectivity index is 1.52. The summed E-state index contributed by atoms with van der Waals surface area (Å²) in [7, 11) is 1.54. The first kappa shape index (κ1) is 19.6. The van der Waals surface area contributed by atoms with Crippen molar-refractivity contribution in [2.45, 2.75) is 19.4 Å². The highest BCUT2D eigenvalue weighted by Gasteiger charge is 2.17. The van der Waals surface area contributed by atoms with Gasteiger partial charge in [-0.1, -0.05) is 6.07 Å². The van der Waals surface area contributed by atoms with E-state index in [9.17, 15) is 14.4 Å². The SMILES string of the molecule is COc1cccc(NC(=O)COc2coc(CN3CCC(=O)CC3)cc2=O)c1. The number of methoxy groups -OCH3 is 1. The van der Waals surface area contributed by atoms with Gasteiger partial charge in [-0.2, -0.15) is 0 Å². The average Bonchev–Trinajstić information content (AvgIpc) is 2.69. The van der Waals surface area contributed by atoms with Gasteiger partial charge in [-0.05, 0) is 12.1 Å². The third kappa shape index (κ3) is 5.43. The fraction of sp³-hybridized carbons (Fsp3) is 0.350. The normalized spacial score (nSPS) is 14.5. The van der Waals surface area contributed by atoms with E-state index in [1.54, 1.807) is 24.3 Å². The van der Waals surface area contributed by atoms with E-state index in [4.69, 9.17) is 13.9 Å². The Morgan fingerprint density at radius 2 is 2.00 bits per heavy atom. The predicted octanol–water partition coefficient (Wildman–Crippen LogP) is 1.83. The molecule has 148 valence electrons. The molecule has 2 heterocycles. The van der Waals surface area contributed by atoms with Crippen LogP contribution in [0.3, 0.4) is 0 Å². The van der Waals surface area contributed by atoms with E-state index >= 15 is 0 Å². The molecular weight excluding hydrogens is 364 g/mol. The van der Waals surface area contributed by atoms with Crippen molar-refractivity contribution in [3.8, 4) is 11.5 Å². The minimum atomic E-state index is -0.408. The molecule has 1 saturated heterocycles. The van der Waals surface area contributed by atoms with Crippen molar-refractivity contribution >= 4 is 17.4 Å². The van der Waals surface area contributed by atoms with Gasteiger partial charge in [0, 0.05) is 43.8 Å². The minimum Gasteiger partial charge on any atom is -0.497 e. The number of amides is 1. The van der Waals surface area contributed by atoms with Crippen molar-refractivity contribution in [2.75, 3.05) is 32.1 Å². The lowest BCUT2D eigenvalue weighted by atomic mass is 10.1. The lowest BCUT2D eigenvalue weighted by Gasteiger charge is -2.24. The number of carbonyl (C=O) groups excluding carboxylic acids is 2. The molecule has 0 radical (unpaired) electrons. The van der Waals surface area contributed by atoms with Crippen LogP contribution in [0.5, 0.6) is 11.5 Å². The van der Waals surface area contributed by atoms with E-state index < -0.39 is 5.91 Å². The molecule has 1 aromatic carbocycles. The lowest BCUT2D eigenvalue weighted by molar-refractivity contribution is -0.121. The van der Waals surface area contributed by atoms with Crippen LogP contribution in [0.2, 0.25) is 0 Å². The van der Waals surface area contributed by atoms with Crippen molar-refractivity contribution in [1.82, 2.24) is 4.90 Å². The summed E-state index contributed by atoms with van der Waals surface area (Å²) in [4.78, 5) is 37.5. The standard InChI is InChI=1S/C20H22N2O6/c1-26-16-4-2-3-14(9-16)21-20(25)13-28-19-12-27-17(10-18(19)24)11-22-7-5-15(23)6-8-22/h2-4,9-10,12H,5-8,11,13H2,1H3,(H,21,25). The van der Waals surface area contributed by atoms with Gasteiger partial charge < -0.3 is 19.2 Å². The maximum absolute atomic E-state index is 12.2. The lowest BCUT2D eigenvalue weighted by Crippen LogP contribution is -2.33. The van der Waals surface area contributed by atoms with E-state index in [1.807, 2.05) is 0 Å². The number of nitrogens with one attached hydrogen (secondary N) is 1. The highest BCUT2D eigenvalue weighted by atomic mass is 16.5. The van der Waals surface area contributed by atoms with Gasteiger partial charge in [-0.25, -0.2) is 0 Å². The molecule has 1 N–H and O–H groups in total. The Labute approximate surface area is 162 Å². The summed E-state index contributed by atoms with van der Waals surface area (Å²) in [5.41, 5.74) is 0.207. The summed E-state index contributed by atoms with van der Waals surface area (Å²) in [5.74, 6) is 0.933. The van der Waals surface area contributed by atoms with Crippen LogP contribution in [0, 0.1) is 0 Å². The molecule has 0 saturated carbocycles. The number of carbonyl (C=O) groups is 2. The highest BCUT2D eigenvalue weighted by molar-refractivity contribution is 5.92. The Morgan fingerprint density at radius 3 is 2.71 bits per heavy atom. The highest BCUT2D eigenvalue weighted by Crippen LogP contribution is 2.17. The second-order valence-corrected chi connectivity index (χ2v) is 6.46. The molecular formula is C20H22N2O6. The zero-order valence-electron chi connectivity index (χ0n) is 15.6. The monoisotopic (exact) mass is 386 g/mol. The maximum Gasteiger partial charge on any atom is 0.262 e. The predicted molar refractivity (Wildman–Crippen MR) is 102 cm³/mol. The minimum absolute atomic E-state index is 0.0293. The number of ketones is 1. The van der Waals surface area contributed by atoms with Gasteiger partial charge in [0.25, 0.3) is 5.91 Å². The third-order valence-electron chi connectivity index (χ3n) is 4.36. The number of rotatable bonds is 7. The van der Waals surface area contributed by atoms with Gasteiger partial charge in [0.1, 0.15) is 23.6 Å². The third-order valence-corrected chi connectivity index (χ3v) is 4.36. The molecule has 1 aliphatic rings. The molecule has 3 rings (SSSR count). The molecule has 0 bridgehead atoms. The van der Waals surface area contributed by atoms with E-state index in [0.29, 0.717) is 49.7 Å². The Hall–Kier alpha value is -3.13. The molecule has 8 heteroatoms. The number of hydrogen-bond donors (Lipinski definition) is 1. The van der Waals surface area contributed by atoms with Crippen LogP contribution in [0.25, 0.3) is 0 Å². The van der Waals surface area contributed by atoms with Crippen molar-refractivity contribution in [1.29, 1.82) is 0 Å². The first-order valence-electron chi connectivity index (χ1n) is 8.96. The van der Waals surface area contributed by atoms with Crippen LogP contribution < -0.4 is 20.2 Å². The smallest absolute Gasteiger partial charge is 0.262 e. The molecule has 1 fully saturated rings. The molecule has 0 unspecified atom stereocenters. The van der Waals surface area contributed by atoms with Crippen LogP contribution in [0.4, 0.5) is 5.69 Å². The second kappa shape index (κ2) is 9.18. The van der Waals surface area contributed by atoms with Gasteiger partial charge in [0.05, 0.1) is 13.7 Å². The van der Waals surface area contributed by atoms with Gasteiger partial charge in [0.2, 0.25) is 11.2 Å². The van der Waals surface area contributed by atoms with Gasteiger partial charge in [-0.3, -0.25) is 19.3 Å². The molecule has 8 nitrogen and oxygen atoms in total. The Morgan fingerprint density at radius 1 is 1.21 bits per heavy atom. The zero-order valence-corrected chi connectivity index (χ0v) is 15.6. The van der Waals surface area contributed by atoms with Crippen LogP contribution in [-0.2, 0) is 16.1 Å². The Kier molecular flexibility index (Phi) is 6.44. The van der Waals surface area contributed by atoms with Crippen LogP contribution >= 0.6 is 0 Å². The first-order valence-corrected chi connectivity index (χ1v) is 8.96. The summed E-state index contributed by atoms with van der Waals surface area (Å²) in [5, 5.41) is 2.66. The number of benzene rings is 1. The number of Topliss-reactive ketones (excluding diaryl/α,β-unsaturated/α-hetero) is 1. The quantitative estimate of drug-likeness (QED) is 0.775. The number of anilines is 1. The van der Waals surface area contributed by atoms with Gasteiger partial charge >= 0.3 is 0 Å². The number of likely N-dealkylation sites (tertiary alicyclic amines) is 1. The fourth-order valence-corrected chi connectivity index (χ4v) is 2.85. The largest absolute Gasteiger partial charge is 0.497 e. The number of nitrogens with zero attached hydrogens (tertiary/aromatic N) is 1.